The van der Waals surface area contributed by atoms with Crippen LogP contribution in [-0.2, 0) is 9.53 Å². The molecule has 0 spiro atoms. The summed E-state index contributed by atoms with van der Waals surface area (Å²) in [5.41, 5.74) is 0. The lowest BCUT2D eigenvalue weighted by molar-refractivity contribution is -0.141. The molecule has 0 aromatic heterocycles. The Bertz CT molecular complexity index is 296. The molecule has 0 aromatic rings. The minimum atomic E-state index is -0.921. The predicted molar refractivity (Wildman–Crippen MR) is 71.1 cm³/mol. The van der Waals surface area contributed by atoms with Gasteiger partial charge in [0.1, 0.15) is 6.04 Å². The molecular formula is C13H24N2O4. The van der Waals surface area contributed by atoms with Gasteiger partial charge in [0.2, 0.25) is 0 Å². The highest BCUT2D eigenvalue weighted by Crippen LogP contribution is 2.17. The molecule has 0 aromatic carbocycles. The smallest absolute Gasteiger partial charge is 0.326 e. The monoisotopic (exact) mass is 272 g/mol. The van der Waals surface area contributed by atoms with Crippen molar-refractivity contribution < 1.29 is 19.4 Å². The topological polar surface area (TPSA) is 78.9 Å². The maximum Gasteiger partial charge on any atom is 0.326 e. The molecule has 0 radical (unpaired) electrons. The Morgan fingerprint density at radius 2 is 2.11 bits per heavy atom. The number of hydrogen-bond donors (Lipinski definition) is 2. The number of carboxylic acids is 1. The minimum absolute atomic E-state index is 0.279. The highest BCUT2D eigenvalue weighted by molar-refractivity contribution is 5.83. The van der Waals surface area contributed by atoms with E-state index >= 15 is 0 Å². The molecule has 19 heavy (non-hydrogen) atoms. The van der Waals surface area contributed by atoms with E-state index in [-0.39, 0.29) is 6.03 Å². The van der Waals surface area contributed by atoms with Gasteiger partial charge in [-0.15, -0.1) is 0 Å². The van der Waals surface area contributed by atoms with Crippen molar-refractivity contribution >= 4 is 12.0 Å². The third kappa shape index (κ3) is 5.46. The summed E-state index contributed by atoms with van der Waals surface area (Å²) in [6.07, 6.45) is 4.22. The van der Waals surface area contributed by atoms with Gasteiger partial charge in [-0.3, -0.25) is 0 Å². The van der Waals surface area contributed by atoms with Gasteiger partial charge < -0.3 is 20.1 Å². The van der Waals surface area contributed by atoms with Gasteiger partial charge in [0, 0.05) is 26.3 Å². The van der Waals surface area contributed by atoms with Crippen LogP contribution in [0.25, 0.3) is 0 Å². The fourth-order valence-electron chi connectivity index (χ4n) is 2.09. The van der Waals surface area contributed by atoms with Crippen molar-refractivity contribution in [3.63, 3.8) is 0 Å². The molecule has 0 unspecified atom stereocenters. The molecule has 0 bridgehead atoms. The highest BCUT2D eigenvalue weighted by atomic mass is 16.5. The number of rotatable bonds is 8. The van der Waals surface area contributed by atoms with E-state index in [4.69, 9.17) is 9.84 Å². The summed E-state index contributed by atoms with van der Waals surface area (Å²) < 4.78 is 5.38. The van der Waals surface area contributed by atoms with E-state index in [9.17, 15) is 9.59 Å². The average Bonchev–Trinajstić information content (AvgIpc) is 2.87. The van der Waals surface area contributed by atoms with Crippen LogP contribution in [-0.4, -0.2) is 54.4 Å². The van der Waals surface area contributed by atoms with Crippen molar-refractivity contribution in [2.75, 3.05) is 26.3 Å². The SMILES string of the molecule is CCCCOCCCNC(=O)N1CCC[C@@H]1C(=O)O. The van der Waals surface area contributed by atoms with E-state index in [1.165, 1.54) is 4.90 Å². The first kappa shape index (κ1) is 15.8. The molecule has 6 nitrogen and oxygen atoms in total. The Morgan fingerprint density at radius 1 is 1.37 bits per heavy atom. The number of ether oxygens (including phenoxy) is 1. The molecule has 1 heterocycles. The Kier molecular flexibility index (Phi) is 7.25. The van der Waals surface area contributed by atoms with Crippen molar-refractivity contribution in [1.82, 2.24) is 10.2 Å². The van der Waals surface area contributed by atoms with Gasteiger partial charge in [-0.05, 0) is 25.7 Å². The summed E-state index contributed by atoms with van der Waals surface area (Å²) in [4.78, 5) is 24.2. The summed E-state index contributed by atoms with van der Waals surface area (Å²) in [5, 5.41) is 11.7. The lowest BCUT2D eigenvalue weighted by atomic mass is 10.2. The zero-order valence-electron chi connectivity index (χ0n) is 11.6. The quantitative estimate of drug-likeness (QED) is 0.655. The Balaban J connectivity index is 2.12. The van der Waals surface area contributed by atoms with Crippen molar-refractivity contribution in [2.45, 2.75) is 45.1 Å². The zero-order valence-corrected chi connectivity index (χ0v) is 11.6. The van der Waals surface area contributed by atoms with Crippen molar-refractivity contribution in [2.24, 2.45) is 0 Å². The van der Waals surface area contributed by atoms with Crippen LogP contribution in [0.5, 0.6) is 0 Å². The molecule has 110 valence electrons. The van der Waals surface area contributed by atoms with Crippen LogP contribution in [0.3, 0.4) is 0 Å². The first-order chi connectivity index (χ1) is 9.16. The number of unbranched alkanes of at least 4 members (excludes halogenated alkanes) is 1. The second kappa shape index (κ2) is 8.74. The fraction of sp³-hybridized carbons (Fsp3) is 0.846. The number of carbonyl (C=O) groups excluding carboxylic acids is 1. The number of amides is 2. The van der Waals surface area contributed by atoms with Crippen LogP contribution >= 0.6 is 0 Å². The normalized spacial score (nSPS) is 18.6. The standard InChI is InChI=1S/C13H24N2O4/c1-2-3-9-19-10-5-7-14-13(18)15-8-4-6-11(15)12(16)17/h11H,2-10H2,1H3,(H,14,18)(H,16,17)/t11-/m1/s1. The Labute approximate surface area is 114 Å². The minimum Gasteiger partial charge on any atom is -0.480 e. The van der Waals surface area contributed by atoms with Crippen LogP contribution in [0, 0.1) is 0 Å². The third-order valence-electron chi connectivity index (χ3n) is 3.18. The summed E-state index contributed by atoms with van der Waals surface area (Å²) in [6.45, 7) is 4.54. The maximum atomic E-state index is 11.8. The van der Waals surface area contributed by atoms with Crippen molar-refractivity contribution in [3.8, 4) is 0 Å². The van der Waals surface area contributed by atoms with E-state index in [1.807, 2.05) is 0 Å². The zero-order chi connectivity index (χ0) is 14.1. The van der Waals surface area contributed by atoms with Gasteiger partial charge in [-0.2, -0.15) is 0 Å². The highest BCUT2D eigenvalue weighted by Gasteiger charge is 2.33. The summed E-state index contributed by atoms with van der Waals surface area (Å²) in [6, 6.07) is -0.945. The summed E-state index contributed by atoms with van der Waals surface area (Å²) in [5.74, 6) is -0.921. The Hall–Kier alpha value is -1.30. The van der Waals surface area contributed by atoms with Crippen LogP contribution in [0.1, 0.15) is 39.0 Å². The molecule has 1 saturated heterocycles. The first-order valence-corrected chi connectivity index (χ1v) is 7.01. The molecule has 2 N–H and O–H groups in total. The number of likely N-dealkylation sites (tertiary alicyclic amines) is 1. The van der Waals surface area contributed by atoms with E-state index in [0.29, 0.717) is 26.1 Å². The number of nitrogens with zero attached hydrogens (tertiary/aromatic N) is 1. The van der Waals surface area contributed by atoms with E-state index in [2.05, 4.69) is 12.2 Å². The molecule has 1 rings (SSSR count). The molecule has 0 aliphatic carbocycles. The summed E-state index contributed by atoms with van der Waals surface area (Å²) in [7, 11) is 0. The number of carboxylic acid groups (broad SMARTS) is 1. The lowest BCUT2D eigenvalue weighted by Gasteiger charge is -2.21. The predicted octanol–water partition coefficient (Wildman–Crippen LogP) is 1.45. The van der Waals surface area contributed by atoms with Gasteiger partial charge in [0.25, 0.3) is 0 Å². The maximum absolute atomic E-state index is 11.8. The molecule has 1 atom stereocenters. The van der Waals surface area contributed by atoms with Crippen molar-refractivity contribution in [1.29, 1.82) is 0 Å². The molecule has 1 fully saturated rings. The fourth-order valence-corrected chi connectivity index (χ4v) is 2.09. The first-order valence-electron chi connectivity index (χ1n) is 7.01. The second-order valence-electron chi connectivity index (χ2n) is 4.74. The second-order valence-corrected chi connectivity index (χ2v) is 4.74. The van der Waals surface area contributed by atoms with E-state index < -0.39 is 12.0 Å². The molecule has 1 aliphatic heterocycles. The van der Waals surface area contributed by atoms with Gasteiger partial charge in [0.05, 0.1) is 0 Å². The van der Waals surface area contributed by atoms with Gasteiger partial charge in [-0.1, -0.05) is 13.3 Å². The van der Waals surface area contributed by atoms with Gasteiger partial charge >= 0.3 is 12.0 Å². The number of carbonyl (C=O) groups is 2. The molecule has 0 saturated carbocycles. The van der Waals surface area contributed by atoms with Gasteiger partial charge in [-0.25, -0.2) is 9.59 Å². The van der Waals surface area contributed by atoms with Crippen LogP contribution in [0.4, 0.5) is 4.79 Å². The Morgan fingerprint density at radius 3 is 2.79 bits per heavy atom. The number of hydrogen-bond acceptors (Lipinski definition) is 3. The van der Waals surface area contributed by atoms with E-state index in [0.717, 1.165) is 32.3 Å². The average molecular weight is 272 g/mol. The molecular weight excluding hydrogens is 248 g/mol. The number of nitrogens with one attached hydrogen (secondary N) is 1. The van der Waals surface area contributed by atoms with Crippen molar-refractivity contribution in [3.05, 3.63) is 0 Å². The molecule has 1 aliphatic rings. The largest absolute Gasteiger partial charge is 0.480 e. The summed E-state index contributed by atoms with van der Waals surface area (Å²) >= 11 is 0. The van der Waals surface area contributed by atoms with Crippen LogP contribution in [0.15, 0.2) is 0 Å². The third-order valence-corrected chi connectivity index (χ3v) is 3.18. The number of aliphatic carboxylic acids is 1. The van der Waals surface area contributed by atoms with Crippen LogP contribution in [0.2, 0.25) is 0 Å². The van der Waals surface area contributed by atoms with Crippen LogP contribution < -0.4 is 5.32 Å². The number of urea groups is 1. The van der Waals surface area contributed by atoms with E-state index in [1.54, 1.807) is 0 Å². The lowest BCUT2D eigenvalue weighted by Crippen LogP contribution is -2.46. The van der Waals surface area contributed by atoms with Gasteiger partial charge in [0.15, 0.2) is 0 Å². The molecule has 6 heteroatoms. The molecule has 2 amide bonds.